The van der Waals surface area contributed by atoms with E-state index in [9.17, 15) is 4.79 Å². The lowest BCUT2D eigenvalue weighted by Crippen LogP contribution is -2.54. The highest BCUT2D eigenvalue weighted by Crippen LogP contribution is 2.23. The van der Waals surface area contributed by atoms with E-state index >= 15 is 0 Å². The fraction of sp³-hybridized carbons (Fsp3) is 0.650. The molecule has 27 heavy (non-hydrogen) atoms. The number of amides is 1. The number of aryl methyl sites for hydroxylation is 1. The lowest BCUT2D eigenvalue weighted by molar-refractivity contribution is -0.136. The maximum absolute atomic E-state index is 13.0. The second-order valence-corrected chi connectivity index (χ2v) is 7.11. The van der Waals surface area contributed by atoms with Gasteiger partial charge in [0.15, 0.2) is 0 Å². The van der Waals surface area contributed by atoms with Crippen molar-refractivity contribution < 1.29 is 4.79 Å². The zero-order valence-electron chi connectivity index (χ0n) is 16.5. The first-order chi connectivity index (χ1) is 12.2. The molecule has 0 saturated carbocycles. The van der Waals surface area contributed by atoms with Crippen LogP contribution in [0.1, 0.15) is 31.0 Å². The average molecular weight is 417 g/mol. The van der Waals surface area contributed by atoms with E-state index in [2.05, 4.69) is 58.1 Å². The van der Waals surface area contributed by atoms with Crippen LogP contribution in [0.15, 0.2) is 24.3 Å². The van der Waals surface area contributed by atoms with E-state index in [0.29, 0.717) is 6.54 Å². The molecule has 2 aliphatic rings. The van der Waals surface area contributed by atoms with Crippen LogP contribution >= 0.6 is 24.8 Å². The van der Waals surface area contributed by atoms with Crippen molar-refractivity contribution in [2.75, 3.05) is 58.9 Å². The van der Waals surface area contributed by atoms with E-state index in [1.165, 1.54) is 11.1 Å². The Morgan fingerprint density at radius 1 is 1.00 bits per heavy atom. The molecule has 5 nitrogen and oxygen atoms in total. The van der Waals surface area contributed by atoms with Crippen LogP contribution in [-0.4, -0.2) is 79.5 Å². The molecule has 1 aromatic carbocycles. The van der Waals surface area contributed by atoms with Gasteiger partial charge >= 0.3 is 0 Å². The molecule has 2 aliphatic heterocycles. The van der Waals surface area contributed by atoms with E-state index in [1.54, 1.807) is 0 Å². The molecule has 1 atom stereocenters. The maximum Gasteiger partial charge on any atom is 0.237 e. The van der Waals surface area contributed by atoms with Gasteiger partial charge in [0.25, 0.3) is 0 Å². The summed E-state index contributed by atoms with van der Waals surface area (Å²) in [5.74, 6) is 0.274. The van der Waals surface area contributed by atoms with Crippen LogP contribution in [0.25, 0.3) is 0 Å². The quantitative estimate of drug-likeness (QED) is 0.798. The van der Waals surface area contributed by atoms with Crippen molar-refractivity contribution in [2.45, 2.75) is 26.3 Å². The number of carbonyl (C=O) groups excluding carboxylic acids is 1. The lowest BCUT2D eigenvalue weighted by Gasteiger charge is -2.39. The van der Waals surface area contributed by atoms with Crippen molar-refractivity contribution in [3.8, 4) is 0 Å². The molecular weight excluding hydrogens is 383 g/mol. The molecule has 1 unspecified atom stereocenters. The van der Waals surface area contributed by atoms with Gasteiger partial charge < -0.3 is 15.1 Å². The second kappa shape index (κ2) is 11.9. The second-order valence-electron chi connectivity index (χ2n) is 7.11. The number of hydrogen-bond donors (Lipinski definition) is 1. The first kappa shape index (κ1) is 24.2. The molecule has 1 aromatic rings. The Labute approximate surface area is 176 Å². The Hall–Kier alpha value is -0.850. The van der Waals surface area contributed by atoms with Crippen LogP contribution in [0.3, 0.4) is 0 Å². The number of halogens is 2. The van der Waals surface area contributed by atoms with Gasteiger partial charge in [0.1, 0.15) is 0 Å². The SMILES string of the molecule is CCc1ccc(C2CNCCN2C(=O)CN2CCN(CC)CC2)cc1.Cl.Cl. The summed E-state index contributed by atoms with van der Waals surface area (Å²) in [5.41, 5.74) is 2.59. The first-order valence-corrected chi connectivity index (χ1v) is 9.75. The molecule has 1 amide bonds. The van der Waals surface area contributed by atoms with E-state index < -0.39 is 0 Å². The maximum atomic E-state index is 13.0. The van der Waals surface area contributed by atoms with Gasteiger partial charge in [-0.2, -0.15) is 0 Å². The fourth-order valence-electron chi connectivity index (χ4n) is 3.82. The molecule has 0 aromatic heterocycles. The molecule has 3 rings (SSSR count). The summed E-state index contributed by atoms with van der Waals surface area (Å²) in [5, 5.41) is 3.45. The van der Waals surface area contributed by atoms with Crippen molar-refractivity contribution in [1.82, 2.24) is 20.0 Å². The largest absolute Gasteiger partial charge is 0.332 e. The number of carbonyl (C=O) groups is 1. The van der Waals surface area contributed by atoms with Gasteiger partial charge in [0.05, 0.1) is 12.6 Å². The number of likely N-dealkylation sites (N-methyl/N-ethyl adjacent to an activating group) is 1. The van der Waals surface area contributed by atoms with E-state index in [-0.39, 0.29) is 36.8 Å². The van der Waals surface area contributed by atoms with E-state index in [1.807, 2.05) is 0 Å². The van der Waals surface area contributed by atoms with Gasteiger partial charge in [0, 0.05) is 45.8 Å². The van der Waals surface area contributed by atoms with Crippen molar-refractivity contribution >= 4 is 30.7 Å². The molecule has 1 N–H and O–H groups in total. The summed E-state index contributed by atoms with van der Waals surface area (Å²) in [6.45, 7) is 12.7. The summed E-state index contributed by atoms with van der Waals surface area (Å²) in [4.78, 5) is 19.8. The number of nitrogens with zero attached hydrogens (tertiary/aromatic N) is 3. The molecule has 0 radical (unpaired) electrons. The van der Waals surface area contributed by atoms with Crippen molar-refractivity contribution in [3.05, 3.63) is 35.4 Å². The van der Waals surface area contributed by atoms with Gasteiger partial charge in [-0.15, -0.1) is 24.8 Å². The van der Waals surface area contributed by atoms with Crippen LogP contribution in [0.4, 0.5) is 0 Å². The number of hydrogen-bond acceptors (Lipinski definition) is 4. The third-order valence-corrected chi connectivity index (χ3v) is 5.61. The monoisotopic (exact) mass is 416 g/mol. The minimum Gasteiger partial charge on any atom is -0.332 e. The number of nitrogens with one attached hydrogen (secondary N) is 1. The summed E-state index contributed by atoms with van der Waals surface area (Å²) in [6.07, 6.45) is 1.05. The molecule has 2 saturated heterocycles. The van der Waals surface area contributed by atoms with Gasteiger partial charge in [-0.3, -0.25) is 9.69 Å². The van der Waals surface area contributed by atoms with E-state index in [4.69, 9.17) is 0 Å². The highest BCUT2D eigenvalue weighted by atomic mass is 35.5. The van der Waals surface area contributed by atoms with Crippen LogP contribution in [-0.2, 0) is 11.2 Å². The summed E-state index contributed by atoms with van der Waals surface area (Å²) in [6, 6.07) is 8.92. The van der Waals surface area contributed by atoms with Crippen LogP contribution in [0, 0.1) is 0 Å². The van der Waals surface area contributed by atoms with Crippen molar-refractivity contribution in [1.29, 1.82) is 0 Å². The average Bonchev–Trinajstić information content (AvgIpc) is 2.68. The van der Waals surface area contributed by atoms with Crippen LogP contribution in [0.5, 0.6) is 0 Å². The van der Waals surface area contributed by atoms with Gasteiger partial charge in [-0.1, -0.05) is 38.1 Å². The van der Waals surface area contributed by atoms with Crippen molar-refractivity contribution in [2.24, 2.45) is 0 Å². The smallest absolute Gasteiger partial charge is 0.237 e. The van der Waals surface area contributed by atoms with Crippen LogP contribution < -0.4 is 5.32 Å². The Balaban J connectivity index is 0.00000182. The normalized spacial score (nSPS) is 21.3. The van der Waals surface area contributed by atoms with Gasteiger partial charge in [-0.25, -0.2) is 0 Å². The predicted molar refractivity (Wildman–Crippen MR) is 116 cm³/mol. The molecular formula is C20H34Cl2N4O. The summed E-state index contributed by atoms with van der Waals surface area (Å²) >= 11 is 0. The van der Waals surface area contributed by atoms with Crippen molar-refractivity contribution in [3.63, 3.8) is 0 Å². The van der Waals surface area contributed by atoms with Gasteiger partial charge in [0.2, 0.25) is 5.91 Å². The third kappa shape index (κ3) is 6.33. The fourth-order valence-corrected chi connectivity index (χ4v) is 3.82. The molecule has 0 aliphatic carbocycles. The Morgan fingerprint density at radius 3 is 2.22 bits per heavy atom. The Morgan fingerprint density at radius 2 is 1.63 bits per heavy atom. The molecule has 7 heteroatoms. The third-order valence-electron chi connectivity index (χ3n) is 5.61. The highest BCUT2D eigenvalue weighted by Gasteiger charge is 2.29. The zero-order valence-corrected chi connectivity index (χ0v) is 18.2. The number of rotatable bonds is 5. The zero-order chi connectivity index (χ0) is 17.6. The molecule has 2 fully saturated rings. The summed E-state index contributed by atoms with van der Waals surface area (Å²) in [7, 11) is 0. The minimum absolute atomic E-state index is 0. The van der Waals surface area contributed by atoms with Gasteiger partial charge in [-0.05, 0) is 24.1 Å². The van der Waals surface area contributed by atoms with Crippen LogP contribution in [0.2, 0.25) is 0 Å². The summed E-state index contributed by atoms with van der Waals surface area (Å²) < 4.78 is 0. The first-order valence-electron chi connectivity index (χ1n) is 9.75. The minimum atomic E-state index is 0. The lowest BCUT2D eigenvalue weighted by atomic mass is 10.0. The Kier molecular flexibility index (Phi) is 10.6. The predicted octanol–water partition coefficient (Wildman–Crippen LogP) is 2.20. The standard InChI is InChI=1S/C20H32N4O.2ClH/c1-3-17-5-7-18(8-6-17)19-15-21-9-10-24(19)20(25)16-23-13-11-22(4-2)12-14-23;;/h5-8,19,21H,3-4,9-16H2,1-2H3;2*1H. The molecule has 0 bridgehead atoms. The molecule has 2 heterocycles. The number of piperazine rings is 2. The Bertz CT molecular complexity index is 562. The molecule has 0 spiro atoms. The van der Waals surface area contributed by atoms with E-state index in [0.717, 1.165) is 58.8 Å². The highest BCUT2D eigenvalue weighted by molar-refractivity contribution is 5.85. The number of benzene rings is 1. The topological polar surface area (TPSA) is 38.8 Å². The molecule has 154 valence electrons.